The second-order valence-electron chi connectivity index (χ2n) is 6.57. The lowest BCUT2D eigenvalue weighted by Crippen LogP contribution is -2.32. The second kappa shape index (κ2) is 4.52. The molecule has 1 aliphatic heterocycles. The molecule has 2 nitrogen and oxygen atoms in total. The predicted octanol–water partition coefficient (Wildman–Crippen LogP) is 4.30. The Kier molecular flexibility index (Phi) is 2.75. The van der Waals surface area contributed by atoms with Crippen molar-refractivity contribution in [3.05, 3.63) is 59.2 Å². The lowest BCUT2D eigenvalue weighted by atomic mass is 9.64. The molecule has 0 fully saturated rings. The minimum absolute atomic E-state index is 0.0508. The molecule has 2 unspecified atom stereocenters. The highest BCUT2D eigenvalue weighted by Gasteiger charge is 2.38. The minimum atomic E-state index is 0.0508. The van der Waals surface area contributed by atoms with Crippen molar-refractivity contribution in [3.63, 3.8) is 0 Å². The zero-order valence-corrected chi connectivity index (χ0v) is 12.6. The summed E-state index contributed by atoms with van der Waals surface area (Å²) in [4.78, 5) is 0. The average molecular weight is 280 g/mol. The van der Waals surface area contributed by atoms with E-state index < -0.39 is 0 Å². The number of ether oxygens (including phenoxy) is 2. The van der Waals surface area contributed by atoms with Gasteiger partial charge in [-0.1, -0.05) is 44.2 Å². The first-order valence-electron chi connectivity index (χ1n) is 7.65. The van der Waals surface area contributed by atoms with E-state index in [0.29, 0.717) is 12.7 Å². The molecule has 21 heavy (non-hydrogen) atoms. The van der Waals surface area contributed by atoms with Gasteiger partial charge in [-0.25, -0.2) is 0 Å². The first-order chi connectivity index (χ1) is 10.2. The Bertz CT molecular complexity index is 677. The molecule has 0 aromatic heterocycles. The van der Waals surface area contributed by atoms with E-state index in [9.17, 15) is 0 Å². The summed E-state index contributed by atoms with van der Waals surface area (Å²) in [5.74, 6) is 2.46. The van der Waals surface area contributed by atoms with Crippen LogP contribution in [0.2, 0.25) is 0 Å². The van der Waals surface area contributed by atoms with Crippen LogP contribution in [0.1, 0.15) is 37.0 Å². The van der Waals surface area contributed by atoms with Gasteiger partial charge in [0.15, 0.2) is 11.5 Å². The molecule has 2 heteroatoms. The third-order valence-corrected chi connectivity index (χ3v) is 4.93. The van der Waals surface area contributed by atoms with Gasteiger partial charge in [0.05, 0.1) is 0 Å². The van der Waals surface area contributed by atoms with Gasteiger partial charge in [0.1, 0.15) is 0 Å². The maximum absolute atomic E-state index is 5.60. The molecule has 2 aromatic rings. The van der Waals surface area contributed by atoms with Gasteiger partial charge in [-0.05, 0) is 47.6 Å². The van der Waals surface area contributed by atoms with Crippen molar-refractivity contribution >= 4 is 0 Å². The van der Waals surface area contributed by atoms with Crippen LogP contribution in [0, 0.1) is 5.92 Å². The smallest absolute Gasteiger partial charge is 0.231 e. The predicted molar refractivity (Wildman–Crippen MR) is 82.9 cm³/mol. The van der Waals surface area contributed by atoms with Gasteiger partial charge in [-0.2, -0.15) is 0 Å². The Morgan fingerprint density at radius 2 is 1.76 bits per heavy atom. The fourth-order valence-corrected chi connectivity index (χ4v) is 4.00. The van der Waals surface area contributed by atoms with Crippen molar-refractivity contribution in [1.29, 1.82) is 0 Å². The summed E-state index contributed by atoms with van der Waals surface area (Å²) in [6.45, 7) is 5.05. The quantitative estimate of drug-likeness (QED) is 0.775. The fraction of sp³-hybridized carbons (Fsp3) is 0.368. The fourth-order valence-electron chi connectivity index (χ4n) is 4.00. The van der Waals surface area contributed by atoms with Crippen molar-refractivity contribution in [2.24, 2.45) is 5.92 Å². The third kappa shape index (κ3) is 1.93. The van der Waals surface area contributed by atoms with E-state index in [1.807, 2.05) is 0 Å². The summed E-state index contributed by atoms with van der Waals surface area (Å²) in [7, 11) is 0. The Morgan fingerprint density at radius 1 is 1.05 bits per heavy atom. The largest absolute Gasteiger partial charge is 0.454 e. The summed E-state index contributed by atoms with van der Waals surface area (Å²) >= 11 is 0. The molecular formula is C19H20O2. The zero-order chi connectivity index (χ0) is 14.4. The molecule has 2 atom stereocenters. The SMILES string of the molecule is CC1Cc2cc3c(cc2C(C)(c2ccccc2)C1)OCO3. The maximum Gasteiger partial charge on any atom is 0.231 e. The van der Waals surface area contributed by atoms with E-state index in [-0.39, 0.29) is 5.41 Å². The normalized spacial score (nSPS) is 26.5. The van der Waals surface area contributed by atoms with E-state index in [1.54, 1.807) is 0 Å². The molecule has 0 spiro atoms. The van der Waals surface area contributed by atoms with E-state index >= 15 is 0 Å². The van der Waals surface area contributed by atoms with Crippen molar-refractivity contribution in [1.82, 2.24) is 0 Å². The number of benzene rings is 2. The van der Waals surface area contributed by atoms with Crippen LogP contribution in [-0.4, -0.2) is 6.79 Å². The Morgan fingerprint density at radius 3 is 2.52 bits per heavy atom. The number of hydrogen-bond acceptors (Lipinski definition) is 2. The third-order valence-electron chi connectivity index (χ3n) is 4.93. The van der Waals surface area contributed by atoms with E-state index in [0.717, 1.165) is 17.9 Å². The van der Waals surface area contributed by atoms with Crippen molar-refractivity contribution in [2.45, 2.75) is 32.1 Å². The van der Waals surface area contributed by atoms with Crippen LogP contribution in [0.5, 0.6) is 11.5 Å². The summed E-state index contributed by atoms with van der Waals surface area (Å²) < 4.78 is 11.1. The molecule has 1 aliphatic carbocycles. The van der Waals surface area contributed by atoms with Crippen LogP contribution >= 0.6 is 0 Å². The van der Waals surface area contributed by atoms with Gasteiger partial charge in [0.25, 0.3) is 0 Å². The molecule has 0 bridgehead atoms. The van der Waals surface area contributed by atoms with Crippen LogP contribution in [0.25, 0.3) is 0 Å². The zero-order valence-electron chi connectivity index (χ0n) is 12.6. The van der Waals surface area contributed by atoms with E-state index in [2.05, 4.69) is 56.3 Å². The maximum atomic E-state index is 5.60. The Balaban J connectivity index is 1.91. The summed E-state index contributed by atoms with van der Waals surface area (Å²) in [6.07, 6.45) is 2.29. The molecule has 4 rings (SSSR count). The lowest BCUT2D eigenvalue weighted by molar-refractivity contribution is 0.174. The lowest BCUT2D eigenvalue weighted by Gasteiger charge is -2.39. The van der Waals surface area contributed by atoms with E-state index in [1.165, 1.54) is 23.1 Å². The summed E-state index contributed by atoms with van der Waals surface area (Å²) in [5, 5.41) is 0. The van der Waals surface area contributed by atoms with Crippen LogP contribution in [0.15, 0.2) is 42.5 Å². The van der Waals surface area contributed by atoms with Gasteiger partial charge >= 0.3 is 0 Å². The van der Waals surface area contributed by atoms with Gasteiger partial charge in [0, 0.05) is 5.41 Å². The molecule has 1 heterocycles. The van der Waals surface area contributed by atoms with Gasteiger partial charge in [0.2, 0.25) is 6.79 Å². The van der Waals surface area contributed by atoms with Crippen molar-refractivity contribution in [2.75, 3.05) is 6.79 Å². The minimum Gasteiger partial charge on any atom is -0.454 e. The van der Waals surface area contributed by atoms with Crippen LogP contribution in [0.4, 0.5) is 0 Å². The first kappa shape index (κ1) is 12.8. The first-order valence-corrected chi connectivity index (χ1v) is 7.65. The Hall–Kier alpha value is -1.96. The molecule has 0 amide bonds. The Labute approximate surface area is 125 Å². The number of hydrogen-bond donors (Lipinski definition) is 0. The molecule has 0 radical (unpaired) electrons. The van der Waals surface area contributed by atoms with Crippen molar-refractivity contribution in [3.8, 4) is 11.5 Å². The van der Waals surface area contributed by atoms with Gasteiger partial charge < -0.3 is 9.47 Å². The molecule has 108 valence electrons. The number of fused-ring (bicyclic) bond motifs is 2. The molecule has 2 aliphatic rings. The molecule has 0 N–H and O–H groups in total. The van der Waals surface area contributed by atoms with Gasteiger partial charge in [-0.15, -0.1) is 0 Å². The highest BCUT2D eigenvalue weighted by atomic mass is 16.7. The molecule has 0 saturated carbocycles. The molecule has 2 aromatic carbocycles. The number of rotatable bonds is 1. The molecular weight excluding hydrogens is 260 g/mol. The van der Waals surface area contributed by atoms with Crippen LogP contribution in [-0.2, 0) is 11.8 Å². The van der Waals surface area contributed by atoms with Crippen LogP contribution < -0.4 is 9.47 Å². The average Bonchev–Trinajstić information content (AvgIpc) is 2.93. The van der Waals surface area contributed by atoms with Crippen LogP contribution in [0.3, 0.4) is 0 Å². The monoisotopic (exact) mass is 280 g/mol. The molecule has 0 saturated heterocycles. The second-order valence-corrected chi connectivity index (χ2v) is 6.57. The topological polar surface area (TPSA) is 18.5 Å². The van der Waals surface area contributed by atoms with E-state index in [4.69, 9.17) is 9.47 Å². The highest BCUT2D eigenvalue weighted by molar-refractivity contribution is 5.55. The summed E-state index contributed by atoms with van der Waals surface area (Å²) in [5.41, 5.74) is 4.24. The van der Waals surface area contributed by atoms with Crippen molar-refractivity contribution < 1.29 is 9.47 Å². The van der Waals surface area contributed by atoms with Gasteiger partial charge in [-0.3, -0.25) is 0 Å². The highest BCUT2D eigenvalue weighted by Crippen LogP contribution is 2.48. The summed E-state index contributed by atoms with van der Waals surface area (Å²) in [6, 6.07) is 15.2. The standard InChI is InChI=1S/C19H20O2/c1-13-8-14-9-17-18(21-12-20-17)10-16(14)19(2,11-13)15-6-4-3-5-7-15/h3-7,9-10,13H,8,11-12H2,1-2H3.